The summed E-state index contributed by atoms with van der Waals surface area (Å²) in [7, 11) is -0.603. The van der Waals surface area contributed by atoms with E-state index in [2.05, 4.69) is 31.2 Å². The van der Waals surface area contributed by atoms with Crippen molar-refractivity contribution in [3.05, 3.63) is 0 Å². The summed E-state index contributed by atoms with van der Waals surface area (Å²) in [5.41, 5.74) is 0. The van der Waals surface area contributed by atoms with Crippen molar-refractivity contribution >= 4 is 19.3 Å². The van der Waals surface area contributed by atoms with Gasteiger partial charge in [0.2, 0.25) is 0 Å². The van der Waals surface area contributed by atoms with Crippen LogP contribution in [0.1, 0.15) is 20.3 Å². The molecule has 0 spiro atoms. The van der Waals surface area contributed by atoms with Crippen LogP contribution in [0.5, 0.6) is 0 Å². The van der Waals surface area contributed by atoms with Crippen molar-refractivity contribution < 1.29 is 9.05 Å². The number of thiol groups is 1. The van der Waals surface area contributed by atoms with Crippen LogP contribution in [-0.2, 0) is 9.05 Å². The third kappa shape index (κ3) is 2.86. The molecular weight excluding hydrogens is 193 g/mol. The summed E-state index contributed by atoms with van der Waals surface area (Å²) in [6.45, 7) is 5.14. The topological polar surface area (TPSA) is 30.5 Å². The Bertz CT molecular complexity index is 158. The average Bonchev–Trinajstić information content (AvgIpc) is 2.32. The fourth-order valence-electron chi connectivity index (χ4n) is 1.37. The second-order valence-corrected chi connectivity index (χ2v) is 7.48. The molecular formula is C7H18NO2PS. The van der Waals surface area contributed by atoms with Crippen LogP contribution in [0, 0.1) is 5.92 Å². The SMILES string of the molecule is CO[PH]1(S)N[C@@H](CC(C)C)CO1. The second-order valence-electron chi connectivity index (χ2n) is 3.57. The quantitative estimate of drug-likeness (QED) is 0.553. The first-order valence-corrected chi connectivity index (χ1v) is 7.35. The summed E-state index contributed by atoms with van der Waals surface area (Å²) in [5, 5.41) is 3.31. The molecule has 0 aromatic heterocycles. The van der Waals surface area contributed by atoms with Gasteiger partial charge in [0.25, 0.3) is 0 Å². The minimum atomic E-state index is -2.25. The van der Waals surface area contributed by atoms with E-state index in [0.29, 0.717) is 12.0 Å². The number of hydrogen-bond acceptors (Lipinski definition) is 4. The van der Waals surface area contributed by atoms with Gasteiger partial charge in [-0.2, -0.15) is 0 Å². The zero-order valence-electron chi connectivity index (χ0n) is 7.83. The minimum absolute atomic E-state index is 0.425. The maximum atomic E-state index is 5.47. The fourth-order valence-corrected chi connectivity index (χ4v) is 3.60. The molecule has 1 aliphatic heterocycles. The van der Waals surface area contributed by atoms with Gasteiger partial charge in [-0.25, -0.2) is 0 Å². The van der Waals surface area contributed by atoms with E-state index < -0.39 is 7.07 Å². The van der Waals surface area contributed by atoms with Crippen LogP contribution in [0.3, 0.4) is 0 Å². The van der Waals surface area contributed by atoms with Crippen LogP contribution < -0.4 is 5.09 Å². The molecule has 0 aromatic carbocycles. The van der Waals surface area contributed by atoms with Gasteiger partial charge in [0.1, 0.15) is 0 Å². The molecule has 1 aliphatic rings. The van der Waals surface area contributed by atoms with Gasteiger partial charge < -0.3 is 0 Å². The Balaban J connectivity index is 2.35. The van der Waals surface area contributed by atoms with Gasteiger partial charge in [-0.1, -0.05) is 0 Å². The predicted octanol–water partition coefficient (Wildman–Crippen LogP) is 2.01. The van der Waals surface area contributed by atoms with Crippen LogP contribution >= 0.6 is 19.3 Å². The first kappa shape index (κ1) is 10.7. The zero-order valence-corrected chi connectivity index (χ0v) is 9.73. The molecule has 0 unspecified atom stereocenters. The first-order valence-electron chi connectivity index (χ1n) is 4.25. The Hall–Kier alpha value is 0.660. The summed E-state index contributed by atoms with van der Waals surface area (Å²) >= 11 is 4.35. The molecule has 1 saturated heterocycles. The van der Waals surface area contributed by atoms with E-state index in [1.807, 2.05) is 0 Å². The van der Waals surface area contributed by atoms with Crippen molar-refractivity contribution in [3.63, 3.8) is 0 Å². The zero-order chi connectivity index (χ0) is 9.19. The van der Waals surface area contributed by atoms with Gasteiger partial charge in [-0.05, 0) is 0 Å². The molecule has 1 atom stereocenters. The Kier molecular flexibility index (Phi) is 3.80. The summed E-state index contributed by atoms with van der Waals surface area (Å²) < 4.78 is 10.7. The van der Waals surface area contributed by atoms with Crippen LogP contribution in [0.2, 0.25) is 0 Å². The molecule has 1 rings (SSSR count). The third-order valence-corrected chi connectivity index (χ3v) is 5.11. The number of nitrogens with one attached hydrogen (secondary N) is 1. The number of rotatable bonds is 3. The Morgan fingerprint density at radius 3 is 2.83 bits per heavy atom. The molecule has 74 valence electrons. The van der Waals surface area contributed by atoms with E-state index in [1.54, 1.807) is 7.11 Å². The van der Waals surface area contributed by atoms with Crippen LogP contribution in [0.4, 0.5) is 0 Å². The van der Waals surface area contributed by atoms with E-state index in [4.69, 9.17) is 9.05 Å². The summed E-state index contributed by atoms with van der Waals surface area (Å²) in [5.74, 6) is 0.688. The molecule has 1 fully saturated rings. The van der Waals surface area contributed by atoms with E-state index in [1.165, 1.54) is 0 Å². The summed E-state index contributed by atoms with van der Waals surface area (Å²) in [6.07, 6.45) is 1.12. The van der Waals surface area contributed by atoms with Gasteiger partial charge in [0.15, 0.2) is 0 Å². The summed E-state index contributed by atoms with van der Waals surface area (Å²) in [6, 6.07) is 0.425. The van der Waals surface area contributed by atoms with E-state index in [9.17, 15) is 0 Å². The maximum absolute atomic E-state index is 5.47. The fraction of sp³-hybridized carbons (Fsp3) is 1.00. The van der Waals surface area contributed by atoms with Crippen molar-refractivity contribution in [3.8, 4) is 0 Å². The third-order valence-electron chi connectivity index (χ3n) is 1.90. The van der Waals surface area contributed by atoms with Crippen LogP contribution in [-0.4, -0.2) is 19.8 Å². The molecule has 3 nitrogen and oxygen atoms in total. The number of hydrogen-bond donors (Lipinski definition) is 2. The van der Waals surface area contributed by atoms with Gasteiger partial charge >= 0.3 is 79.4 Å². The van der Waals surface area contributed by atoms with Gasteiger partial charge in [0.05, 0.1) is 0 Å². The molecule has 0 bridgehead atoms. The normalized spacial score (nSPS) is 30.9. The Morgan fingerprint density at radius 2 is 2.42 bits per heavy atom. The predicted molar refractivity (Wildman–Crippen MR) is 56.6 cm³/mol. The first-order chi connectivity index (χ1) is 5.56. The molecule has 0 aliphatic carbocycles. The second kappa shape index (κ2) is 4.25. The molecule has 0 radical (unpaired) electrons. The van der Waals surface area contributed by atoms with Crippen LogP contribution in [0.25, 0.3) is 0 Å². The Morgan fingerprint density at radius 1 is 1.75 bits per heavy atom. The molecule has 12 heavy (non-hydrogen) atoms. The summed E-state index contributed by atoms with van der Waals surface area (Å²) in [4.78, 5) is 0. The molecule has 1 N–H and O–H groups in total. The molecule has 0 amide bonds. The van der Waals surface area contributed by atoms with Crippen molar-refractivity contribution in [2.45, 2.75) is 26.3 Å². The van der Waals surface area contributed by atoms with Gasteiger partial charge in [0, 0.05) is 0 Å². The Labute approximate surface area is 79.9 Å². The van der Waals surface area contributed by atoms with Gasteiger partial charge in [-0.3, -0.25) is 0 Å². The van der Waals surface area contributed by atoms with Crippen molar-refractivity contribution in [1.82, 2.24) is 5.09 Å². The standard InChI is InChI=1S/C7H18NO2PS/c1-6(2)4-7-5-10-11(12,8-7)9-3/h6-8,11-12H,4-5H2,1-3H3/t7-/m0/s1. The van der Waals surface area contributed by atoms with E-state index >= 15 is 0 Å². The molecule has 0 aromatic rings. The monoisotopic (exact) mass is 211 g/mol. The van der Waals surface area contributed by atoms with Crippen LogP contribution in [0.15, 0.2) is 0 Å². The van der Waals surface area contributed by atoms with E-state index in [0.717, 1.165) is 13.0 Å². The average molecular weight is 211 g/mol. The van der Waals surface area contributed by atoms with Crippen molar-refractivity contribution in [2.24, 2.45) is 5.92 Å². The molecule has 1 heterocycles. The van der Waals surface area contributed by atoms with E-state index in [-0.39, 0.29) is 0 Å². The van der Waals surface area contributed by atoms with Gasteiger partial charge in [-0.15, -0.1) is 0 Å². The van der Waals surface area contributed by atoms with Crippen molar-refractivity contribution in [1.29, 1.82) is 0 Å². The molecule has 5 heteroatoms. The van der Waals surface area contributed by atoms with Crippen molar-refractivity contribution in [2.75, 3.05) is 13.7 Å². The molecule has 0 saturated carbocycles.